The normalized spacial score (nSPS) is 19.1. The highest BCUT2D eigenvalue weighted by Crippen LogP contribution is 2.38. The molecule has 2 heterocycles. The van der Waals surface area contributed by atoms with Crippen molar-refractivity contribution in [3.8, 4) is 5.75 Å². The molecule has 0 saturated carbocycles. The molecule has 3 rings (SSSR count). The van der Waals surface area contributed by atoms with Gasteiger partial charge in [0.1, 0.15) is 11.3 Å². The molecule has 7 heteroatoms. The van der Waals surface area contributed by atoms with E-state index in [1.807, 2.05) is 20.8 Å². The Morgan fingerprint density at radius 2 is 1.89 bits per heavy atom. The monoisotopic (exact) mass is 387 g/mol. The van der Waals surface area contributed by atoms with Gasteiger partial charge in [-0.2, -0.15) is 0 Å². The van der Waals surface area contributed by atoms with Crippen LogP contribution in [0.1, 0.15) is 44.0 Å². The molecule has 7 nitrogen and oxygen atoms in total. The molecule has 0 bridgehead atoms. The third kappa shape index (κ3) is 3.34. The summed E-state index contributed by atoms with van der Waals surface area (Å²) < 4.78 is 5.20. The first-order valence-corrected chi connectivity index (χ1v) is 9.91. The number of methoxy groups -OCH3 is 1. The van der Waals surface area contributed by atoms with Crippen LogP contribution in [0.5, 0.6) is 5.75 Å². The third-order valence-corrected chi connectivity index (χ3v) is 5.68. The number of benzene rings is 1. The topological polar surface area (TPSA) is 70.2 Å². The number of carbonyl (C=O) groups is 3. The van der Waals surface area contributed by atoms with Gasteiger partial charge in [-0.3, -0.25) is 14.5 Å². The molecule has 0 aromatic heterocycles. The van der Waals surface area contributed by atoms with E-state index < -0.39 is 5.54 Å². The third-order valence-electron chi connectivity index (χ3n) is 5.68. The standard InChI is InChI=1S/C21H29N3O4/c1-5-23-19(26)21(24(20(23)27)14-15(2)3)9-11-22(12-10-21)18(25)16-7-6-8-17(13-16)28-4/h6-8,13,15H,5,9-12,14H2,1-4H3. The van der Waals surface area contributed by atoms with Gasteiger partial charge in [-0.1, -0.05) is 19.9 Å². The lowest BCUT2D eigenvalue weighted by Crippen LogP contribution is -2.58. The Kier molecular flexibility index (Phi) is 5.63. The fourth-order valence-corrected chi connectivity index (χ4v) is 4.18. The van der Waals surface area contributed by atoms with E-state index in [0.29, 0.717) is 50.3 Å². The second-order valence-corrected chi connectivity index (χ2v) is 7.89. The summed E-state index contributed by atoms with van der Waals surface area (Å²) in [4.78, 5) is 43.6. The van der Waals surface area contributed by atoms with Crippen LogP contribution in [-0.2, 0) is 4.79 Å². The van der Waals surface area contributed by atoms with Crippen molar-refractivity contribution in [3.63, 3.8) is 0 Å². The Balaban J connectivity index is 1.79. The predicted molar refractivity (Wildman–Crippen MR) is 105 cm³/mol. The van der Waals surface area contributed by atoms with Gasteiger partial charge in [-0.15, -0.1) is 0 Å². The highest BCUT2D eigenvalue weighted by atomic mass is 16.5. The SMILES string of the molecule is CCN1C(=O)N(CC(C)C)C2(CCN(C(=O)c3cccc(OC)c3)CC2)C1=O. The summed E-state index contributed by atoms with van der Waals surface area (Å²) in [6.45, 7) is 7.72. The molecule has 0 aliphatic carbocycles. The van der Waals surface area contributed by atoms with E-state index in [-0.39, 0.29) is 23.8 Å². The molecule has 152 valence electrons. The molecule has 4 amide bonds. The molecule has 0 atom stereocenters. The van der Waals surface area contributed by atoms with Crippen molar-refractivity contribution in [2.45, 2.75) is 39.2 Å². The predicted octanol–water partition coefficient (Wildman–Crippen LogP) is 2.61. The van der Waals surface area contributed by atoms with Crippen LogP contribution < -0.4 is 4.74 Å². The minimum absolute atomic E-state index is 0.0757. The molecule has 2 fully saturated rings. The molecule has 2 aliphatic rings. The number of carbonyl (C=O) groups excluding carboxylic acids is 3. The first-order valence-electron chi connectivity index (χ1n) is 9.91. The van der Waals surface area contributed by atoms with Crippen LogP contribution in [-0.4, -0.2) is 71.4 Å². The van der Waals surface area contributed by atoms with E-state index in [1.165, 1.54) is 4.90 Å². The van der Waals surface area contributed by atoms with E-state index in [9.17, 15) is 14.4 Å². The molecule has 1 aromatic carbocycles. The van der Waals surface area contributed by atoms with E-state index in [2.05, 4.69) is 0 Å². The molecular weight excluding hydrogens is 358 g/mol. The van der Waals surface area contributed by atoms with Gasteiger partial charge in [-0.05, 0) is 43.9 Å². The van der Waals surface area contributed by atoms with E-state index in [4.69, 9.17) is 4.74 Å². The number of piperidine rings is 1. The number of rotatable bonds is 5. The number of likely N-dealkylation sites (N-methyl/N-ethyl adjacent to an activating group) is 1. The van der Waals surface area contributed by atoms with Crippen LogP contribution >= 0.6 is 0 Å². The number of ether oxygens (including phenoxy) is 1. The van der Waals surface area contributed by atoms with Crippen molar-refractivity contribution in [2.24, 2.45) is 5.92 Å². The number of hydrogen-bond donors (Lipinski definition) is 0. The molecular formula is C21H29N3O4. The number of urea groups is 1. The van der Waals surface area contributed by atoms with Crippen LogP contribution in [0.25, 0.3) is 0 Å². The van der Waals surface area contributed by atoms with Crippen molar-refractivity contribution >= 4 is 17.8 Å². The quantitative estimate of drug-likeness (QED) is 0.728. The smallest absolute Gasteiger partial charge is 0.327 e. The van der Waals surface area contributed by atoms with Crippen molar-refractivity contribution in [1.29, 1.82) is 0 Å². The largest absolute Gasteiger partial charge is 0.497 e. The fraction of sp³-hybridized carbons (Fsp3) is 0.571. The van der Waals surface area contributed by atoms with E-state index in [0.717, 1.165) is 0 Å². The average Bonchev–Trinajstić information content (AvgIpc) is 2.88. The molecule has 0 N–H and O–H groups in total. The van der Waals surface area contributed by atoms with Gasteiger partial charge in [0.2, 0.25) is 0 Å². The molecule has 0 unspecified atom stereocenters. The first kappa shape index (κ1) is 20.2. The average molecular weight is 387 g/mol. The summed E-state index contributed by atoms with van der Waals surface area (Å²) >= 11 is 0. The highest BCUT2D eigenvalue weighted by molar-refractivity contribution is 6.07. The Bertz CT molecular complexity index is 769. The molecule has 28 heavy (non-hydrogen) atoms. The number of hydrogen-bond acceptors (Lipinski definition) is 4. The second-order valence-electron chi connectivity index (χ2n) is 7.89. The summed E-state index contributed by atoms with van der Waals surface area (Å²) in [7, 11) is 1.57. The van der Waals surface area contributed by atoms with Gasteiger partial charge >= 0.3 is 6.03 Å². The molecule has 0 radical (unpaired) electrons. The summed E-state index contributed by atoms with van der Waals surface area (Å²) in [5.74, 6) is 0.710. The van der Waals surface area contributed by atoms with Crippen molar-refractivity contribution in [3.05, 3.63) is 29.8 Å². The Labute approximate surface area is 166 Å². The molecule has 2 aliphatic heterocycles. The maximum atomic E-state index is 13.1. The number of likely N-dealkylation sites (tertiary alicyclic amines) is 1. The highest BCUT2D eigenvalue weighted by Gasteiger charge is 2.57. The van der Waals surface area contributed by atoms with E-state index in [1.54, 1.807) is 41.2 Å². The van der Waals surface area contributed by atoms with Crippen molar-refractivity contribution in [1.82, 2.24) is 14.7 Å². The van der Waals surface area contributed by atoms with Gasteiger partial charge in [-0.25, -0.2) is 4.79 Å². The zero-order chi connectivity index (χ0) is 20.5. The maximum Gasteiger partial charge on any atom is 0.327 e. The number of nitrogens with zero attached hydrogens (tertiary/aromatic N) is 3. The lowest BCUT2D eigenvalue weighted by molar-refractivity contribution is -0.135. The zero-order valence-electron chi connectivity index (χ0n) is 17.1. The number of amides is 4. The van der Waals surface area contributed by atoms with Crippen LogP contribution in [0.3, 0.4) is 0 Å². The van der Waals surface area contributed by atoms with Crippen molar-refractivity contribution in [2.75, 3.05) is 33.3 Å². The minimum Gasteiger partial charge on any atom is -0.497 e. The zero-order valence-corrected chi connectivity index (χ0v) is 17.1. The fourth-order valence-electron chi connectivity index (χ4n) is 4.18. The molecule has 2 saturated heterocycles. The van der Waals surface area contributed by atoms with Gasteiger partial charge in [0.25, 0.3) is 11.8 Å². The minimum atomic E-state index is -0.817. The van der Waals surface area contributed by atoms with Gasteiger partial charge in [0, 0.05) is 31.7 Å². The van der Waals surface area contributed by atoms with Gasteiger partial charge in [0.05, 0.1) is 7.11 Å². The Morgan fingerprint density at radius 1 is 1.21 bits per heavy atom. The summed E-state index contributed by atoms with van der Waals surface area (Å²) in [5.41, 5.74) is -0.249. The first-order chi connectivity index (χ1) is 13.3. The lowest BCUT2D eigenvalue weighted by Gasteiger charge is -2.42. The summed E-state index contributed by atoms with van der Waals surface area (Å²) in [6, 6.07) is 6.88. The Morgan fingerprint density at radius 3 is 2.46 bits per heavy atom. The van der Waals surface area contributed by atoms with Crippen LogP contribution in [0.15, 0.2) is 24.3 Å². The van der Waals surface area contributed by atoms with Gasteiger partial charge < -0.3 is 14.5 Å². The number of imide groups is 1. The van der Waals surface area contributed by atoms with Crippen LogP contribution in [0, 0.1) is 5.92 Å². The summed E-state index contributed by atoms with van der Waals surface area (Å²) in [6.07, 6.45) is 0.938. The van der Waals surface area contributed by atoms with Crippen LogP contribution in [0.4, 0.5) is 4.79 Å². The molecule has 1 spiro atoms. The Hall–Kier alpha value is -2.57. The summed E-state index contributed by atoms with van der Waals surface area (Å²) in [5, 5.41) is 0. The lowest BCUT2D eigenvalue weighted by atomic mass is 9.85. The van der Waals surface area contributed by atoms with E-state index >= 15 is 0 Å². The second kappa shape index (κ2) is 7.81. The van der Waals surface area contributed by atoms with Gasteiger partial charge in [0.15, 0.2) is 0 Å². The molecule has 1 aromatic rings. The maximum absolute atomic E-state index is 13.1. The van der Waals surface area contributed by atoms with Crippen molar-refractivity contribution < 1.29 is 19.1 Å². The van der Waals surface area contributed by atoms with Crippen LogP contribution in [0.2, 0.25) is 0 Å².